The monoisotopic (exact) mass is 301 g/mol. The number of rotatable bonds is 7. The molecule has 0 aliphatic heterocycles. The Morgan fingerprint density at radius 1 is 1.10 bits per heavy atom. The molecule has 0 saturated carbocycles. The number of hydrogen-bond acceptors (Lipinski definition) is 3. The molecule has 0 atom stereocenters. The van der Waals surface area contributed by atoms with E-state index < -0.39 is 0 Å². The molecular weight excluding hydrogens is 282 g/mol. The van der Waals surface area contributed by atoms with Gasteiger partial charge in [0, 0.05) is 5.56 Å². The molecule has 0 heterocycles. The number of thiocarbonyl (C=S) groups is 1. The van der Waals surface area contributed by atoms with Crippen LogP contribution in [0.5, 0.6) is 5.75 Å². The van der Waals surface area contributed by atoms with Crippen LogP contribution in [0.25, 0.3) is 0 Å². The molecule has 0 unspecified atom stereocenters. The second-order valence-corrected chi connectivity index (χ2v) is 5.16. The van der Waals surface area contributed by atoms with Crippen LogP contribution in [0.15, 0.2) is 48.5 Å². The summed E-state index contributed by atoms with van der Waals surface area (Å²) in [6.45, 7) is 3.67. The van der Waals surface area contributed by atoms with Crippen molar-refractivity contribution in [1.82, 2.24) is 0 Å². The van der Waals surface area contributed by atoms with Gasteiger partial charge in [-0.3, -0.25) is 0 Å². The Morgan fingerprint density at radius 3 is 2.52 bits per heavy atom. The first-order valence-electron chi connectivity index (χ1n) is 6.82. The van der Waals surface area contributed by atoms with E-state index in [0.717, 1.165) is 22.4 Å². The molecule has 4 heteroatoms. The van der Waals surface area contributed by atoms with Crippen molar-refractivity contribution in [2.75, 3.05) is 13.2 Å². The van der Waals surface area contributed by atoms with Crippen molar-refractivity contribution in [2.24, 2.45) is 5.73 Å². The van der Waals surface area contributed by atoms with Crippen molar-refractivity contribution in [3.63, 3.8) is 0 Å². The van der Waals surface area contributed by atoms with Gasteiger partial charge < -0.3 is 15.2 Å². The molecule has 2 rings (SSSR count). The van der Waals surface area contributed by atoms with Gasteiger partial charge in [0.15, 0.2) is 0 Å². The molecule has 0 bridgehead atoms. The summed E-state index contributed by atoms with van der Waals surface area (Å²) >= 11 is 4.96. The van der Waals surface area contributed by atoms with E-state index in [9.17, 15) is 0 Å². The summed E-state index contributed by atoms with van der Waals surface area (Å²) in [5, 5.41) is 0. The number of benzene rings is 2. The predicted molar refractivity (Wildman–Crippen MR) is 88.7 cm³/mol. The number of nitrogens with two attached hydrogens (primary N) is 1. The largest absolute Gasteiger partial charge is 0.491 e. The van der Waals surface area contributed by atoms with Gasteiger partial charge in [0.05, 0.1) is 13.2 Å². The average molecular weight is 301 g/mol. The Bertz CT molecular complexity index is 599. The van der Waals surface area contributed by atoms with Crippen LogP contribution in [0.2, 0.25) is 0 Å². The third-order valence-corrected chi connectivity index (χ3v) is 3.36. The third-order valence-electron chi connectivity index (χ3n) is 3.12. The molecule has 0 spiro atoms. The normalized spacial score (nSPS) is 10.3. The van der Waals surface area contributed by atoms with Crippen LogP contribution in [0, 0.1) is 6.92 Å². The topological polar surface area (TPSA) is 44.5 Å². The van der Waals surface area contributed by atoms with Gasteiger partial charge >= 0.3 is 0 Å². The Hall–Kier alpha value is -1.91. The average Bonchev–Trinajstić information content (AvgIpc) is 2.49. The summed E-state index contributed by atoms with van der Waals surface area (Å²) in [7, 11) is 0. The molecule has 2 aromatic carbocycles. The van der Waals surface area contributed by atoms with Crippen LogP contribution in [-0.4, -0.2) is 18.2 Å². The smallest absolute Gasteiger partial charge is 0.119 e. The minimum absolute atomic E-state index is 0.418. The molecule has 0 aliphatic rings. The quantitative estimate of drug-likeness (QED) is 0.630. The van der Waals surface area contributed by atoms with Gasteiger partial charge in [0.2, 0.25) is 0 Å². The molecule has 0 aromatic heterocycles. The molecule has 3 nitrogen and oxygen atoms in total. The van der Waals surface area contributed by atoms with E-state index >= 15 is 0 Å². The van der Waals surface area contributed by atoms with Gasteiger partial charge in [0.1, 0.15) is 17.3 Å². The van der Waals surface area contributed by atoms with Crippen LogP contribution in [-0.2, 0) is 11.3 Å². The summed E-state index contributed by atoms with van der Waals surface area (Å²) < 4.78 is 11.2. The van der Waals surface area contributed by atoms with Crippen molar-refractivity contribution in [2.45, 2.75) is 13.5 Å². The van der Waals surface area contributed by atoms with E-state index in [2.05, 4.69) is 0 Å². The van der Waals surface area contributed by atoms with E-state index in [1.807, 2.05) is 55.5 Å². The number of aryl methyl sites for hydroxylation is 1. The van der Waals surface area contributed by atoms with Crippen LogP contribution < -0.4 is 10.5 Å². The molecule has 0 aliphatic carbocycles. The Balaban J connectivity index is 1.75. The van der Waals surface area contributed by atoms with Crippen LogP contribution >= 0.6 is 12.2 Å². The molecule has 0 fully saturated rings. The van der Waals surface area contributed by atoms with E-state index in [-0.39, 0.29) is 0 Å². The zero-order valence-electron chi connectivity index (χ0n) is 12.0. The fourth-order valence-corrected chi connectivity index (χ4v) is 2.06. The molecule has 0 radical (unpaired) electrons. The SMILES string of the molecule is Cc1cc(C(N)=S)ccc1COCCOc1ccccc1. The van der Waals surface area contributed by atoms with Gasteiger partial charge in [0.25, 0.3) is 0 Å². The second-order valence-electron chi connectivity index (χ2n) is 4.72. The number of para-hydroxylation sites is 1. The Morgan fingerprint density at radius 2 is 1.86 bits per heavy atom. The first-order chi connectivity index (χ1) is 10.2. The Labute approximate surface area is 130 Å². The molecule has 2 N–H and O–H groups in total. The maximum absolute atomic E-state index is 5.63. The van der Waals surface area contributed by atoms with E-state index in [0.29, 0.717) is 24.8 Å². The fourth-order valence-electron chi connectivity index (χ4n) is 1.93. The summed E-state index contributed by atoms with van der Waals surface area (Å²) in [5.41, 5.74) is 8.76. The van der Waals surface area contributed by atoms with Crippen molar-refractivity contribution in [3.05, 3.63) is 65.2 Å². The molecular formula is C17H19NO2S. The highest BCUT2D eigenvalue weighted by molar-refractivity contribution is 7.80. The molecule has 110 valence electrons. The van der Waals surface area contributed by atoms with Gasteiger partial charge in [-0.1, -0.05) is 42.5 Å². The zero-order chi connectivity index (χ0) is 15.1. The standard InChI is InChI=1S/C17H19NO2S/c1-13-11-14(17(18)21)7-8-15(13)12-19-9-10-20-16-5-3-2-4-6-16/h2-8,11H,9-10,12H2,1H3,(H2,18,21). The van der Waals surface area contributed by atoms with Crippen molar-refractivity contribution < 1.29 is 9.47 Å². The van der Waals surface area contributed by atoms with Crippen LogP contribution in [0.1, 0.15) is 16.7 Å². The van der Waals surface area contributed by atoms with E-state index in [4.69, 9.17) is 27.4 Å². The lowest BCUT2D eigenvalue weighted by molar-refractivity contribution is 0.0886. The van der Waals surface area contributed by atoms with Gasteiger partial charge in [-0.05, 0) is 36.2 Å². The first kappa shape index (κ1) is 15.5. The zero-order valence-corrected chi connectivity index (χ0v) is 12.9. The lowest BCUT2D eigenvalue weighted by Gasteiger charge is -2.10. The van der Waals surface area contributed by atoms with Crippen molar-refractivity contribution >= 4 is 17.2 Å². The van der Waals surface area contributed by atoms with Crippen LogP contribution in [0.4, 0.5) is 0 Å². The minimum atomic E-state index is 0.418. The first-order valence-corrected chi connectivity index (χ1v) is 7.22. The fraction of sp³-hybridized carbons (Fsp3) is 0.235. The summed E-state index contributed by atoms with van der Waals surface area (Å²) in [4.78, 5) is 0.418. The highest BCUT2D eigenvalue weighted by Crippen LogP contribution is 2.13. The minimum Gasteiger partial charge on any atom is -0.491 e. The van der Waals surface area contributed by atoms with Gasteiger partial charge in [-0.15, -0.1) is 0 Å². The van der Waals surface area contributed by atoms with E-state index in [1.54, 1.807) is 0 Å². The summed E-state index contributed by atoms with van der Waals surface area (Å²) in [6, 6.07) is 15.6. The maximum atomic E-state index is 5.63. The summed E-state index contributed by atoms with van der Waals surface area (Å²) in [5.74, 6) is 0.859. The second kappa shape index (κ2) is 7.76. The predicted octanol–water partition coefficient (Wildman–Crippen LogP) is 3.22. The lowest BCUT2D eigenvalue weighted by Crippen LogP contribution is -2.10. The Kier molecular flexibility index (Phi) is 5.72. The number of hydrogen-bond donors (Lipinski definition) is 1. The van der Waals surface area contributed by atoms with E-state index in [1.165, 1.54) is 0 Å². The van der Waals surface area contributed by atoms with Gasteiger partial charge in [-0.2, -0.15) is 0 Å². The lowest BCUT2D eigenvalue weighted by atomic mass is 10.1. The molecule has 0 saturated heterocycles. The number of ether oxygens (including phenoxy) is 2. The van der Waals surface area contributed by atoms with Crippen molar-refractivity contribution in [3.8, 4) is 5.75 Å². The van der Waals surface area contributed by atoms with Crippen LogP contribution in [0.3, 0.4) is 0 Å². The van der Waals surface area contributed by atoms with Crippen molar-refractivity contribution in [1.29, 1.82) is 0 Å². The molecule has 21 heavy (non-hydrogen) atoms. The molecule has 2 aromatic rings. The maximum Gasteiger partial charge on any atom is 0.119 e. The highest BCUT2D eigenvalue weighted by atomic mass is 32.1. The molecule has 0 amide bonds. The summed E-state index contributed by atoms with van der Waals surface area (Å²) in [6.07, 6.45) is 0. The highest BCUT2D eigenvalue weighted by Gasteiger charge is 2.02. The van der Waals surface area contributed by atoms with Gasteiger partial charge in [-0.25, -0.2) is 0 Å². The third kappa shape index (κ3) is 4.85.